The van der Waals surface area contributed by atoms with Crippen LogP contribution in [0.3, 0.4) is 0 Å². The van der Waals surface area contributed by atoms with E-state index >= 15 is 0 Å². The van der Waals surface area contributed by atoms with Gasteiger partial charge in [0.05, 0.1) is 23.3 Å². The maximum atomic E-state index is 13.1. The van der Waals surface area contributed by atoms with Gasteiger partial charge in [-0.05, 0) is 36.4 Å². The summed E-state index contributed by atoms with van der Waals surface area (Å²) >= 11 is 0. The quantitative estimate of drug-likeness (QED) is 0.754. The molecule has 1 aromatic heterocycles. The van der Waals surface area contributed by atoms with Gasteiger partial charge in [-0.25, -0.2) is 9.37 Å². The van der Waals surface area contributed by atoms with E-state index in [0.29, 0.717) is 16.8 Å². The molecule has 3 aromatic rings. The van der Waals surface area contributed by atoms with E-state index in [1.807, 2.05) is 24.3 Å². The van der Waals surface area contributed by atoms with Crippen LogP contribution in [0, 0.1) is 18.2 Å². The molecule has 4 heteroatoms. The minimum absolute atomic E-state index is 0.154. The Balaban J connectivity index is 2.15. The van der Waals surface area contributed by atoms with Crippen molar-refractivity contribution in [1.82, 2.24) is 10.3 Å². The molecule has 0 aliphatic heterocycles. The van der Waals surface area contributed by atoms with Gasteiger partial charge in [-0.1, -0.05) is 24.1 Å². The van der Waals surface area contributed by atoms with Crippen LogP contribution in [0.25, 0.3) is 22.2 Å². The van der Waals surface area contributed by atoms with Gasteiger partial charge in [0.15, 0.2) is 0 Å². The number of rotatable bonds is 3. The molecule has 1 amide bonds. The number of aromatic nitrogens is 1. The number of fused-ring (bicyclic) bond motifs is 1. The molecule has 0 atom stereocenters. The first-order chi connectivity index (χ1) is 11.2. The van der Waals surface area contributed by atoms with Crippen LogP contribution in [0.5, 0.6) is 0 Å². The summed E-state index contributed by atoms with van der Waals surface area (Å²) in [5, 5.41) is 3.41. The van der Waals surface area contributed by atoms with E-state index in [1.165, 1.54) is 12.1 Å². The van der Waals surface area contributed by atoms with Crippen molar-refractivity contribution >= 4 is 16.8 Å². The van der Waals surface area contributed by atoms with E-state index in [2.05, 4.69) is 16.2 Å². The highest BCUT2D eigenvalue weighted by molar-refractivity contribution is 6.07. The fraction of sp³-hybridized carbons (Fsp3) is 0.0526. The number of amides is 1. The number of nitrogens with zero attached hydrogens (tertiary/aromatic N) is 1. The molecule has 2 aromatic carbocycles. The molecule has 1 heterocycles. The summed E-state index contributed by atoms with van der Waals surface area (Å²) in [5.74, 6) is 1.80. The third-order valence-electron chi connectivity index (χ3n) is 3.45. The molecular formula is C19H13FN2O. The van der Waals surface area contributed by atoms with Crippen LogP contribution in [0.15, 0.2) is 54.6 Å². The molecule has 0 saturated carbocycles. The van der Waals surface area contributed by atoms with Crippen LogP contribution in [0.4, 0.5) is 4.39 Å². The summed E-state index contributed by atoms with van der Waals surface area (Å²) in [5.41, 5.74) is 2.53. The van der Waals surface area contributed by atoms with Crippen LogP contribution in [-0.4, -0.2) is 17.4 Å². The molecule has 0 saturated heterocycles. The lowest BCUT2D eigenvalue weighted by atomic mass is 10.0. The van der Waals surface area contributed by atoms with Crippen LogP contribution in [0.1, 0.15) is 10.4 Å². The van der Waals surface area contributed by atoms with Crippen molar-refractivity contribution in [3.05, 3.63) is 66.0 Å². The van der Waals surface area contributed by atoms with Crippen LogP contribution < -0.4 is 5.32 Å². The predicted octanol–water partition coefficient (Wildman–Crippen LogP) is 3.40. The fourth-order valence-corrected chi connectivity index (χ4v) is 2.36. The van der Waals surface area contributed by atoms with Gasteiger partial charge >= 0.3 is 0 Å². The second kappa shape index (κ2) is 6.29. The van der Waals surface area contributed by atoms with E-state index in [1.54, 1.807) is 18.2 Å². The Morgan fingerprint density at radius 3 is 2.65 bits per heavy atom. The van der Waals surface area contributed by atoms with Gasteiger partial charge in [-0.3, -0.25) is 4.79 Å². The van der Waals surface area contributed by atoms with Gasteiger partial charge in [-0.2, -0.15) is 0 Å². The number of benzene rings is 2. The predicted molar refractivity (Wildman–Crippen MR) is 88.3 cm³/mol. The Morgan fingerprint density at radius 2 is 1.91 bits per heavy atom. The third kappa shape index (κ3) is 3.04. The van der Waals surface area contributed by atoms with E-state index in [9.17, 15) is 9.18 Å². The van der Waals surface area contributed by atoms with Crippen molar-refractivity contribution in [2.75, 3.05) is 6.54 Å². The molecule has 112 valence electrons. The molecule has 0 bridgehead atoms. The lowest BCUT2D eigenvalue weighted by molar-refractivity contribution is 0.0960. The van der Waals surface area contributed by atoms with E-state index < -0.39 is 0 Å². The van der Waals surface area contributed by atoms with Crippen LogP contribution in [-0.2, 0) is 0 Å². The highest BCUT2D eigenvalue weighted by Gasteiger charge is 2.13. The number of carbonyl (C=O) groups is 1. The van der Waals surface area contributed by atoms with Gasteiger partial charge < -0.3 is 5.32 Å². The SMILES string of the molecule is C#CCNC(=O)c1cc(-c2ccc(F)cc2)nc2ccccc12. The maximum Gasteiger partial charge on any atom is 0.252 e. The minimum Gasteiger partial charge on any atom is -0.341 e. The maximum absolute atomic E-state index is 13.1. The van der Waals surface area contributed by atoms with Crippen molar-refractivity contribution in [1.29, 1.82) is 0 Å². The lowest BCUT2D eigenvalue weighted by Crippen LogP contribution is -2.23. The molecule has 0 aliphatic carbocycles. The standard InChI is InChI=1S/C19H13FN2O/c1-2-11-21-19(23)16-12-18(13-7-9-14(20)10-8-13)22-17-6-4-3-5-15(16)17/h1,3-10,12H,11H2,(H,21,23). The summed E-state index contributed by atoms with van der Waals surface area (Å²) in [6.07, 6.45) is 5.19. The summed E-state index contributed by atoms with van der Waals surface area (Å²) in [6, 6.07) is 15.1. The zero-order valence-corrected chi connectivity index (χ0v) is 12.2. The van der Waals surface area contributed by atoms with Gasteiger partial charge in [0, 0.05) is 10.9 Å². The summed E-state index contributed by atoms with van der Waals surface area (Å²) < 4.78 is 13.1. The molecule has 3 nitrogen and oxygen atoms in total. The van der Waals surface area contributed by atoms with Gasteiger partial charge in [0.25, 0.3) is 5.91 Å². The minimum atomic E-state index is -0.318. The van der Waals surface area contributed by atoms with Crippen LogP contribution in [0.2, 0.25) is 0 Å². The van der Waals surface area contributed by atoms with Crippen molar-refractivity contribution in [3.63, 3.8) is 0 Å². The highest BCUT2D eigenvalue weighted by atomic mass is 19.1. The average molecular weight is 304 g/mol. The summed E-state index contributed by atoms with van der Waals surface area (Å²) in [4.78, 5) is 16.9. The van der Waals surface area contributed by atoms with Crippen LogP contribution >= 0.6 is 0 Å². The summed E-state index contributed by atoms with van der Waals surface area (Å²) in [6.45, 7) is 0.154. The van der Waals surface area contributed by atoms with E-state index in [0.717, 1.165) is 10.9 Å². The monoisotopic (exact) mass is 304 g/mol. The molecule has 0 radical (unpaired) electrons. The number of hydrogen-bond donors (Lipinski definition) is 1. The first-order valence-electron chi connectivity index (χ1n) is 7.06. The second-order valence-corrected chi connectivity index (χ2v) is 4.97. The average Bonchev–Trinajstić information content (AvgIpc) is 2.59. The summed E-state index contributed by atoms with van der Waals surface area (Å²) in [7, 11) is 0. The van der Waals surface area contributed by atoms with Gasteiger partial charge in [-0.15, -0.1) is 6.42 Å². The zero-order valence-electron chi connectivity index (χ0n) is 12.2. The van der Waals surface area contributed by atoms with Crippen molar-refractivity contribution in [3.8, 4) is 23.6 Å². The number of halogens is 1. The Bertz CT molecular complexity index is 911. The molecule has 0 aliphatic rings. The Kier molecular flexibility index (Phi) is 4.03. The molecule has 0 spiro atoms. The molecule has 23 heavy (non-hydrogen) atoms. The Morgan fingerprint density at radius 1 is 1.17 bits per heavy atom. The Labute approximate surface area is 133 Å². The number of pyridine rings is 1. The molecule has 3 rings (SSSR count). The molecule has 0 unspecified atom stereocenters. The van der Waals surface area contributed by atoms with Crippen molar-refractivity contribution < 1.29 is 9.18 Å². The molecule has 0 fully saturated rings. The second-order valence-electron chi connectivity index (χ2n) is 4.97. The fourth-order valence-electron chi connectivity index (χ4n) is 2.36. The molecular weight excluding hydrogens is 291 g/mol. The van der Waals surface area contributed by atoms with E-state index in [-0.39, 0.29) is 18.3 Å². The number of para-hydroxylation sites is 1. The van der Waals surface area contributed by atoms with Gasteiger partial charge in [0.1, 0.15) is 5.82 Å². The number of hydrogen-bond acceptors (Lipinski definition) is 2. The third-order valence-corrected chi connectivity index (χ3v) is 3.45. The largest absolute Gasteiger partial charge is 0.341 e. The molecule has 1 N–H and O–H groups in total. The van der Waals surface area contributed by atoms with Gasteiger partial charge in [0.2, 0.25) is 0 Å². The smallest absolute Gasteiger partial charge is 0.252 e. The van der Waals surface area contributed by atoms with Crippen molar-refractivity contribution in [2.45, 2.75) is 0 Å². The first kappa shape index (κ1) is 14.7. The number of terminal acetylenes is 1. The highest BCUT2D eigenvalue weighted by Crippen LogP contribution is 2.25. The van der Waals surface area contributed by atoms with Crippen molar-refractivity contribution in [2.24, 2.45) is 0 Å². The van der Waals surface area contributed by atoms with E-state index in [4.69, 9.17) is 6.42 Å². The Hall–Kier alpha value is -3.19. The lowest BCUT2D eigenvalue weighted by Gasteiger charge is -2.09. The first-order valence-corrected chi connectivity index (χ1v) is 7.06. The normalized spacial score (nSPS) is 10.3. The number of nitrogens with one attached hydrogen (secondary N) is 1. The number of carbonyl (C=O) groups excluding carboxylic acids is 1. The topological polar surface area (TPSA) is 42.0 Å². The zero-order chi connectivity index (χ0) is 16.2.